The van der Waals surface area contributed by atoms with Crippen LogP contribution in [0.4, 0.5) is 11.5 Å². The van der Waals surface area contributed by atoms with E-state index in [0.29, 0.717) is 18.1 Å². The summed E-state index contributed by atoms with van der Waals surface area (Å²) >= 11 is 0. The fourth-order valence-electron chi connectivity index (χ4n) is 3.89. The van der Waals surface area contributed by atoms with Gasteiger partial charge in [-0.3, -0.25) is 4.79 Å². The molecule has 1 aromatic heterocycles. The lowest BCUT2D eigenvalue weighted by molar-refractivity contribution is 0.0983. The van der Waals surface area contributed by atoms with E-state index in [1.54, 1.807) is 4.90 Å². The molecule has 148 valence electrons. The quantitative estimate of drug-likeness (QED) is 0.670. The first-order chi connectivity index (χ1) is 14.0. The molecule has 2 heterocycles. The molecule has 29 heavy (non-hydrogen) atoms. The molecule has 1 aliphatic heterocycles. The summed E-state index contributed by atoms with van der Waals surface area (Å²) in [5.74, 6) is 1.34. The number of nitrogens with zero attached hydrogens (tertiary/aromatic N) is 4. The van der Waals surface area contributed by atoms with Gasteiger partial charge < -0.3 is 9.80 Å². The number of benzene rings is 2. The van der Waals surface area contributed by atoms with Crippen molar-refractivity contribution in [1.29, 1.82) is 0 Å². The topological polar surface area (TPSA) is 49.3 Å². The van der Waals surface area contributed by atoms with Gasteiger partial charge in [0.15, 0.2) is 0 Å². The lowest BCUT2D eigenvalue weighted by atomic mass is 10.00. The number of fused-ring (bicyclic) bond motifs is 1. The maximum Gasteiger partial charge on any atom is 0.277 e. The summed E-state index contributed by atoms with van der Waals surface area (Å²) < 4.78 is 0. The Balaban J connectivity index is 1.64. The number of aryl methyl sites for hydroxylation is 2. The minimum Gasteiger partial charge on any atom is -0.352 e. The van der Waals surface area contributed by atoms with Crippen molar-refractivity contribution < 1.29 is 4.79 Å². The lowest BCUT2D eigenvalue weighted by Gasteiger charge is -2.30. The summed E-state index contributed by atoms with van der Waals surface area (Å²) in [6, 6.07) is 18.3. The molecule has 5 nitrogen and oxygen atoms in total. The predicted octanol–water partition coefficient (Wildman–Crippen LogP) is 4.32. The Bertz CT molecular complexity index is 1050. The van der Waals surface area contributed by atoms with Crippen LogP contribution in [0.3, 0.4) is 0 Å². The zero-order chi connectivity index (χ0) is 20.4. The molecule has 0 atom stereocenters. The van der Waals surface area contributed by atoms with E-state index in [2.05, 4.69) is 39.1 Å². The Morgan fingerprint density at radius 3 is 2.59 bits per heavy atom. The Kier molecular flexibility index (Phi) is 5.30. The highest BCUT2D eigenvalue weighted by atomic mass is 16.2. The molecular weight excluding hydrogens is 360 g/mol. The van der Waals surface area contributed by atoms with Crippen LogP contribution in [0.1, 0.15) is 39.9 Å². The SMILES string of the molecule is CCN(C(=O)c1cc(N2CCc3ccccc3C2)nc(C)n1)c1cccc(C)c1. The summed E-state index contributed by atoms with van der Waals surface area (Å²) in [6.45, 7) is 8.13. The Labute approximate surface area is 172 Å². The average Bonchev–Trinajstić information content (AvgIpc) is 2.73. The molecule has 5 heteroatoms. The van der Waals surface area contributed by atoms with Crippen LogP contribution in [0.25, 0.3) is 0 Å². The maximum absolute atomic E-state index is 13.3. The number of hydrogen-bond acceptors (Lipinski definition) is 4. The van der Waals surface area contributed by atoms with Crippen LogP contribution in [0.5, 0.6) is 0 Å². The minimum absolute atomic E-state index is 0.0951. The molecule has 0 N–H and O–H groups in total. The van der Waals surface area contributed by atoms with Crippen molar-refractivity contribution in [2.45, 2.75) is 33.7 Å². The number of carbonyl (C=O) groups excluding carboxylic acids is 1. The standard InChI is InChI=1S/C24H26N4O/c1-4-28(21-11-7-8-17(2)14-21)24(29)22-15-23(26-18(3)25-22)27-13-12-19-9-5-6-10-20(19)16-27/h5-11,14-15H,4,12-13,16H2,1-3H3. The van der Waals surface area contributed by atoms with Gasteiger partial charge in [0.25, 0.3) is 5.91 Å². The Hall–Kier alpha value is -3.21. The van der Waals surface area contributed by atoms with Crippen molar-refractivity contribution in [3.05, 3.63) is 82.8 Å². The van der Waals surface area contributed by atoms with Crippen molar-refractivity contribution in [3.8, 4) is 0 Å². The summed E-state index contributed by atoms with van der Waals surface area (Å²) in [4.78, 5) is 26.4. The molecule has 0 bridgehead atoms. The van der Waals surface area contributed by atoms with Gasteiger partial charge in [-0.15, -0.1) is 0 Å². The van der Waals surface area contributed by atoms with Gasteiger partial charge in [-0.25, -0.2) is 9.97 Å². The molecule has 0 saturated carbocycles. The normalized spacial score (nSPS) is 13.1. The number of anilines is 2. The first-order valence-electron chi connectivity index (χ1n) is 10.1. The first kappa shape index (κ1) is 19.1. The van der Waals surface area contributed by atoms with Crippen molar-refractivity contribution in [2.24, 2.45) is 0 Å². The van der Waals surface area contributed by atoms with Crippen LogP contribution in [-0.2, 0) is 13.0 Å². The van der Waals surface area contributed by atoms with Gasteiger partial charge in [-0.05, 0) is 56.0 Å². The van der Waals surface area contributed by atoms with Gasteiger partial charge in [-0.1, -0.05) is 36.4 Å². The van der Waals surface area contributed by atoms with Crippen molar-refractivity contribution in [2.75, 3.05) is 22.9 Å². The summed E-state index contributed by atoms with van der Waals surface area (Å²) in [6.07, 6.45) is 0.979. The zero-order valence-electron chi connectivity index (χ0n) is 17.2. The smallest absolute Gasteiger partial charge is 0.277 e. The second-order valence-corrected chi connectivity index (χ2v) is 7.49. The molecule has 3 aromatic rings. The van der Waals surface area contributed by atoms with Gasteiger partial charge >= 0.3 is 0 Å². The number of amides is 1. The third-order valence-electron chi connectivity index (χ3n) is 5.37. The summed E-state index contributed by atoms with van der Waals surface area (Å²) in [5, 5.41) is 0. The van der Waals surface area contributed by atoms with E-state index in [1.807, 2.05) is 51.1 Å². The third kappa shape index (κ3) is 3.99. The van der Waals surface area contributed by atoms with E-state index in [9.17, 15) is 4.79 Å². The predicted molar refractivity (Wildman–Crippen MR) is 116 cm³/mol. The molecule has 0 saturated heterocycles. The fourth-order valence-corrected chi connectivity index (χ4v) is 3.89. The second kappa shape index (κ2) is 8.03. The van der Waals surface area contributed by atoms with Crippen LogP contribution in [0.2, 0.25) is 0 Å². The van der Waals surface area contributed by atoms with E-state index >= 15 is 0 Å². The fraction of sp³-hybridized carbons (Fsp3) is 0.292. The molecule has 1 amide bonds. The van der Waals surface area contributed by atoms with E-state index in [1.165, 1.54) is 11.1 Å². The highest BCUT2D eigenvalue weighted by Gasteiger charge is 2.22. The maximum atomic E-state index is 13.3. The van der Waals surface area contributed by atoms with Crippen LogP contribution < -0.4 is 9.80 Å². The van der Waals surface area contributed by atoms with Gasteiger partial charge in [0, 0.05) is 31.4 Å². The van der Waals surface area contributed by atoms with E-state index in [-0.39, 0.29) is 5.91 Å². The van der Waals surface area contributed by atoms with Crippen LogP contribution in [0, 0.1) is 13.8 Å². The number of hydrogen-bond donors (Lipinski definition) is 0. The van der Waals surface area contributed by atoms with Crippen LogP contribution in [0.15, 0.2) is 54.6 Å². The van der Waals surface area contributed by atoms with Crippen LogP contribution >= 0.6 is 0 Å². The molecule has 0 unspecified atom stereocenters. The molecule has 0 spiro atoms. The van der Waals surface area contributed by atoms with Crippen molar-refractivity contribution >= 4 is 17.4 Å². The summed E-state index contributed by atoms with van der Waals surface area (Å²) in [7, 11) is 0. The lowest BCUT2D eigenvalue weighted by Crippen LogP contribution is -2.33. The van der Waals surface area contributed by atoms with Crippen molar-refractivity contribution in [3.63, 3.8) is 0 Å². The zero-order valence-corrected chi connectivity index (χ0v) is 17.2. The monoisotopic (exact) mass is 386 g/mol. The largest absolute Gasteiger partial charge is 0.352 e. The number of carbonyl (C=O) groups is 1. The van der Waals surface area contributed by atoms with E-state index in [4.69, 9.17) is 0 Å². The molecule has 0 aliphatic carbocycles. The van der Waals surface area contributed by atoms with E-state index < -0.39 is 0 Å². The molecular formula is C24H26N4O. The van der Waals surface area contributed by atoms with Gasteiger partial charge in [0.05, 0.1) is 0 Å². The van der Waals surface area contributed by atoms with Crippen LogP contribution in [-0.4, -0.2) is 29.0 Å². The highest BCUT2D eigenvalue weighted by Crippen LogP contribution is 2.25. The minimum atomic E-state index is -0.0951. The van der Waals surface area contributed by atoms with Gasteiger partial charge in [0.1, 0.15) is 17.3 Å². The van der Waals surface area contributed by atoms with Gasteiger partial charge in [0.2, 0.25) is 0 Å². The molecule has 0 radical (unpaired) electrons. The average molecular weight is 386 g/mol. The molecule has 0 fully saturated rings. The molecule has 4 rings (SSSR count). The molecule has 2 aromatic carbocycles. The van der Waals surface area contributed by atoms with E-state index in [0.717, 1.165) is 36.6 Å². The second-order valence-electron chi connectivity index (χ2n) is 7.49. The summed E-state index contributed by atoms with van der Waals surface area (Å²) in [5.41, 5.74) is 5.16. The highest BCUT2D eigenvalue weighted by molar-refractivity contribution is 6.05. The van der Waals surface area contributed by atoms with Gasteiger partial charge in [-0.2, -0.15) is 0 Å². The Morgan fingerprint density at radius 1 is 1.03 bits per heavy atom. The van der Waals surface area contributed by atoms with Crippen molar-refractivity contribution in [1.82, 2.24) is 9.97 Å². The molecule has 1 aliphatic rings. The first-order valence-corrected chi connectivity index (χ1v) is 10.1. The number of aromatic nitrogens is 2. The Morgan fingerprint density at radius 2 is 1.83 bits per heavy atom. The number of rotatable bonds is 4. The third-order valence-corrected chi connectivity index (χ3v) is 5.37.